The van der Waals surface area contributed by atoms with E-state index in [1.165, 1.54) is 0 Å². The van der Waals surface area contributed by atoms with Crippen LogP contribution in [0.1, 0.15) is 21.6 Å². The van der Waals surface area contributed by atoms with Gasteiger partial charge in [-0.15, -0.1) is 0 Å². The number of benzene rings is 1. The molecular formula is C15H16N2O2S. The molecule has 0 saturated heterocycles. The Bertz CT molecular complexity index is 692. The van der Waals surface area contributed by atoms with Crippen molar-refractivity contribution in [3.8, 4) is 17.0 Å². The summed E-state index contributed by atoms with van der Waals surface area (Å²) in [6.45, 7) is 4.89. The summed E-state index contributed by atoms with van der Waals surface area (Å²) < 4.78 is 7.50. The van der Waals surface area contributed by atoms with E-state index in [1.54, 1.807) is 18.9 Å². The Labute approximate surface area is 122 Å². The largest absolute Gasteiger partial charge is 0.496 e. The smallest absolute Gasteiger partial charge is 0.169 e. The number of carbonyl (C=O) groups is 1. The Kier molecular flexibility index (Phi) is 3.30. The number of hydrogen-bond donors (Lipinski definition) is 0. The summed E-state index contributed by atoms with van der Waals surface area (Å²) in [5, 5.41) is 0.920. The van der Waals surface area contributed by atoms with Crippen molar-refractivity contribution < 1.29 is 9.53 Å². The van der Waals surface area contributed by atoms with Gasteiger partial charge < -0.3 is 9.30 Å². The van der Waals surface area contributed by atoms with Crippen LogP contribution in [0.15, 0.2) is 17.3 Å². The third-order valence-electron chi connectivity index (χ3n) is 3.51. The van der Waals surface area contributed by atoms with Crippen molar-refractivity contribution in [3.63, 3.8) is 0 Å². The summed E-state index contributed by atoms with van der Waals surface area (Å²) in [4.78, 5) is 16.1. The van der Waals surface area contributed by atoms with Gasteiger partial charge in [0.1, 0.15) is 17.1 Å². The molecule has 0 aliphatic carbocycles. The van der Waals surface area contributed by atoms with Crippen molar-refractivity contribution in [2.75, 3.05) is 12.9 Å². The lowest BCUT2D eigenvalue weighted by Gasteiger charge is -2.12. The summed E-state index contributed by atoms with van der Waals surface area (Å²) >= 11 is 1.69. The molecule has 5 heteroatoms. The maximum Gasteiger partial charge on any atom is 0.169 e. The Balaban J connectivity index is 2.26. The van der Waals surface area contributed by atoms with Crippen LogP contribution in [0.3, 0.4) is 0 Å². The lowest BCUT2D eigenvalue weighted by atomic mass is 10.0. The highest BCUT2D eigenvalue weighted by atomic mass is 32.2. The second-order valence-corrected chi connectivity index (χ2v) is 5.97. The second-order valence-electron chi connectivity index (χ2n) is 4.91. The zero-order valence-electron chi connectivity index (χ0n) is 11.8. The molecule has 0 spiro atoms. The highest BCUT2D eigenvalue weighted by Gasteiger charge is 2.24. The minimum atomic E-state index is 0.647. The van der Waals surface area contributed by atoms with Gasteiger partial charge in [-0.05, 0) is 31.0 Å². The van der Waals surface area contributed by atoms with E-state index in [1.807, 2.05) is 24.5 Å². The van der Waals surface area contributed by atoms with Gasteiger partial charge in [0.05, 0.1) is 7.11 Å². The van der Waals surface area contributed by atoms with Crippen LogP contribution in [0.25, 0.3) is 11.3 Å². The van der Waals surface area contributed by atoms with Crippen molar-refractivity contribution in [1.29, 1.82) is 0 Å². The Morgan fingerprint density at radius 1 is 1.40 bits per heavy atom. The number of thioether (sulfide) groups is 1. The molecule has 0 bridgehead atoms. The van der Waals surface area contributed by atoms with E-state index in [2.05, 4.69) is 11.1 Å². The van der Waals surface area contributed by atoms with Crippen LogP contribution in [0, 0.1) is 13.8 Å². The number of nitrogens with zero attached hydrogens (tertiary/aromatic N) is 2. The first kappa shape index (κ1) is 13.2. The molecule has 104 valence electrons. The zero-order chi connectivity index (χ0) is 14.3. The number of rotatable bonds is 3. The standard InChI is InChI=1S/C15H16N2O2S/c1-9-6-10(2)14(19-3)11(7-9)13-12(8-18)17-4-5-20-15(17)16-13/h6-8H,4-5H2,1-3H3. The lowest BCUT2D eigenvalue weighted by molar-refractivity contribution is 0.111. The number of imidazole rings is 1. The molecule has 1 aromatic heterocycles. The number of fused-ring (bicyclic) bond motifs is 1. The molecular weight excluding hydrogens is 272 g/mol. The predicted octanol–water partition coefficient (Wildman–Crippen LogP) is 3.09. The van der Waals surface area contributed by atoms with E-state index in [0.29, 0.717) is 5.69 Å². The molecule has 0 amide bonds. The maximum atomic E-state index is 11.5. The molecule has 1 aliphatic heterocycles. The second kappa shape index (κ2) is 4.98. The minimum absolute atomic E-state index is 0.647. The SMILES string of the molecule is COc1c(C)cc(C)cc1-c1nc2n(c1C=O)CCS2. The van der Waals surface area contributed by atoms with Gasteiger partial charge in [-0.3, -0.25) is 4.79 Å². The fraction of sp³-hybridized carbons (Fsp3) is 0.333. The highest BCUT2D eigenvalue weighted by Crippen LogP contribution is 2.38. The number of methoxy groups -OCH3 is 1. The highest BCUT2D eigenvalue weighted by molar-refractivity contribution is 7.99. The number of ether oxygens (including phenoxy) is 1. The van der Waals surface area contributed by atoms with Gasteiger partial charge >= 0.3 is 0 Å². The number of aryl methyl sites for hydroxylation is 2. The quantitative estimate of drug-likeness (QED) is 0.814. The van der Waals surface area contributed by atoms with Gasteiger partial charge in [-0.2, -0.15) is 0 Å². The molecule has 4 nitrogen and oxygen atoms in total. The van der Waals surface area contributed by atoms with Crippen LogP contribution >= 0.6 is 11.8 Å². The zero-order valence-corrected chi connectivity index (χ0v) is 12.6. The molecule has 0 radical (unpaired) electrons. The van der Waals surface area contributed by atoms with Crippen molar-refractivity contribution in [2.45, 2.75) is 25.5 Å². The van der Waals surface area contributed by atoms with E-state index in [-0.39, 0.29) is 0 Å². The first-order valence-electron chi connectivity index (χ1n) is 6.49. The van der Waals surface area contributed by atoms with Gasteiger partial charge in [0.15, 0.2) is 11.4 Å². The Morgan fingerprint density at radius 2 is 2.20 bits per heavy atom. The summed E-state index contributed by atoms with van der Waals surface area (Å²) in [5.41, 5.74) is 4.46. The van der Waals surface area contributed by atoms with Crippen molar-refractivity contribution in [3.05, 3.63) is 29.0 Å². The van der Waals surface area contributed by atoms with Crippen LogP contribution in [-0.4, -0.2) is 28.7 Å². The molecule has 2 aromatic rings. The number of carbonyl (C=O) groups excluding carboxylic acids is 1. The summed E-state index contributed by atoms with van der Waals surface area (Å²) in [5.74, 6) is 1.77. The van der Waals surface area contributed by atoms with Crippen molar-refractivity contribution in [1.82, 2.24) is 9.55 Å². The van der Waals surface area contributed by atoms with Gasteiger partial charge in [0.25, 0.3) is 0 Å². The number of hydrogen-bond acceptors (Lipinski definition) is 4. The number of aromatic nitrogens is 2. The lowest BCUT2D eigenvalue weighted by Crippen LogP contribution is -2.01. The average Bonchev–Trinajstić information content (AvgIpc) is 2.97. The molecule has 1 aromatic carbocycles. The first-order valence-corrected chi connectivity index (χ1v) is 7.48. The monoisotopic (exact) mass is 288 g/mol. The van der Waals surface area contributed by atoms with Gasteiger partial charge in [-0.1, -0.05) is 17.8 Å². The van der Waals surface area contributed by atoms with Gasteiger partial charge in [-0.25, -0.2) is 4.98 Å². The first-order chi connectivity index (χ1) is 9.65. The molecule has 0 N–H and O–H groups in total. The number of aldehydes is 1. The van der Waals surface area contributed by atoms with Crippen molar-refractivity contribution >= 4 is 18.0 Å². The molecule has 0 saturated carbocycles. The third kappa shape index (κ3) is 1.93. The minimum Gasteiger partial charge on any atom is -0.496 e. The normalized spacial score (nSPS) is 13.3. The molecule has 3 rings (SSSR count). The molecule has 2 heterocycles. The summed E-state index contributed by atoms with van der Waals surface area (Å²) in [6, 6.07) is 4.10. The summed E-state index contributed by atoms with van der Waals surface area (Å²) in [7, 11) is 1.65. The van der Waals surface area contributed by atoms with E-state index in [0.717, 1.165) is 51.9 Å². The Hall–Kier alpha value is -1.75. The van der Waals surface area contributed by atoms with Crippen LogP contribution < -0.4 is 4.74 Å². The van der Waals surface area contributed by atoms with Crippen molar-refractivity contribution in [2.24, 2.45) is 0 Å². The molecule has 0 fully saturated rings. The molecule has 0 unspecified atom stereocenters. The van der Waals surface area contributed by atoms with E-state index in [4.69, 9.17) is 4.74 Å². The Morgan fingerprint density at radius 3 is 2.90 bits per heavy atom. The van der Waals surface area contributed by atoms with Gasteiger partial charge in [0.2, 0.25) is 0 Å². The molecule has 20 heavy (non-hydrogen) atoms. The van der Waals surface area contributed by atoms with Gasteiger partial charge in [0, 0.05) is 17.9 Å². The van der Waals surface area contributed by atoms with Crippen LogP contribution in [0.4, 0.5) is 0 Å². The van der Waals surface area contributed by atoms with E-state index < -0.39 is 0 Å². The topological polar surface area (TPSA) is 44.1 Å². The van der Waals surface area contributed by atoms with E-state index >= 15 is 0 Å². The van der Waals surface area contributed by atoms with Crippen LogP contribution in [0.2, 0.25) is 0 Å². The molecule has 0 atom stereocenters. The van der Waals surface area contributed by atoms with E-state index in [9.17, 15) is 4.79 Å². The predicted molar refractivity (Wildman–Crippen MR) is 79.8 cm³/mol. The average molecular weight is 288 g/mol. The maximum absolute atomic E-state index is 11.5. The van der Waals surface area contributed by atoms with Crippen LogP contribution in [0.5, 0.6) is 5.75 Å². The summed E-state index contributed by atoms with van der Waals surface area (Å²) in [6.07, 6.45) is 0.898. The fourth-order valence-electron chi connectivity index (χ4n) is 2.72. The fourth-order valence-corrected chi connectivity index (χ4v) is 3.68. The molecule has 1 aliphatic rings. The van der Waals surface area contributed by atoms with Crippen LogP contribution in [-0.2, 0) is 6.54 Å². The third-order valence-corrected chi connectivity index (χ3v) is 4.46.